The molecule has 6 nitrogen and oxygen atoms in total. The van der Waals surface area contributed by atoms with Crippen LogP contribution < -0.4 is 0 Å². The highest BCUT2D eigenvalue weighted by Crippen LogP contribution is 2.33. The van der Waals surface area contributed by atoms with Gasteiger partial charge in [0.15, 0.2) is 0 Å². The number of carbonyl (C=O) groups excluding carboxylic acids is 2. The van der Waals surface area contributed by atoms with E-state index in [1.54, 1.807) is 24.3 Å². The predicted octanol–water partition coefficient (Wildman–Crippen LogP) is 1.95. The molecule has 1 aromatic heterocycles. The molecule has 1 saturated heterocycles. The third-order valence-electron chi connectivity index (χ3n) is 4.99. The predicted molar refractivity (Wildman–Crippen MR) is 96.7 cm³/mol. The fraction of sp³-hybridized carbons (Fsp3) is 0.300. The number of benzene rings is 1. The van der Waals surface area contributed by atoms with Gasteiger partial charge >= 0.3 is 0 Å². The number of likely N-dealkylation sites (N-methyl/N-ethyl adjacent to an activating group) is 1. The van der Waals surface area contributed by atoms with Crippen molar-refractivity contribution in [2.75, 3.05) is 33.2 Å². The molecule has 1 fully saturated rings. The summed E-state index contributed by atoms with van der Waals surface area (Å²) in [5.41, 5.74) is 1.27. The van der Waals surface area contributed by atoms with E-state index in [1.165, 1.54) is 23.3 Å². The van der Waals surface area contributed by atoms with Gasteiger partial charge in [0, 0.05) is 26.2 Å². The lowest BCUT2D eigenvalue weighted by Gasteiger charge is -2.34. The van der Waals surface area contributed by atoms with Crippen molar-refractivity contribution in [3.05, 3.63) is 65.5 Å². The Morgan fingerprint density at radius 3 is 2.33 bits per heavy atom. The zero-order chi connectivity index (χ0) is 19.0. The summed E-state index contributed by atoms with van der Waals surface area (Å²) in [6.07, 6.45) is 1.51. The first-order chi connectivity index (χ1) is 13.0. The Morgan fingerprint density at radius 1 is 1.00 bits per heavy atom. The number of imide groups is 1. The molecule has 0 spiro atoms. The van der Waals surface area contributed by atoms with Crippen molar-refractivity contribution in [3.63, 3.8) is 0 Å². The summed E-state index contributed by atoms with van der Waals surface area (Å²) in [5.74, 6) is -0.559. The maximum atomic E-state index is 13.4. The van der Waals surface area contributed by atoms with E-state index in [4.69, 9.17) is 4.42 Å². The van der Waals surface area contributed by atoms with Gasteiger partial charge in [-0.15, -0.1) is 0 Å². The number of rotatable bonds is 4. The van der Waals surface area contributed by atoms with Crippen LogP contribution in [-0.2, 0) is 16.1 Å². The van der Waals surface area contributed by atoms with E-state index in [-0.39, 0.29) is 24.2 Å². The molecule has 1 aromatic carbocycles. The molecular weight excluding hydrogens is 349 g/mol. The Kier molecular flexibility index (Phi) is 4.53. The Labute approximate surface area is 156 Å². The molecule has 2 aromatic rings. The third kappa shape index (κ3) is 3.26. The minimum Gasteiger partial charge on any atom is -0.467 e. The minimum atomic E-state index is -0.385. The molecule has 2 aliphatic heterocycles. The zero-order valence-corrected chi connectivity index (χ0v) is 15.0. The molecule has 27 heavy (non-hydrogen) atoms. The molecule has 140 valence electrons. The summed E-state index contributed by atoms with van der Waals surface area (Å²) >= 11 is 0. The van der Waals surface area contributed by atoms with E-state index in [1.807, 2.05) is 11.9 Å². The lowest BCUT2D eigenvalue weighted by molar-refractivity contribution is -0.138. The van der Waals surface area contributed by atoms with Gasteiger partial charge in [-0.2, -0.15) is 0 Å². The maximum absolute atomic E-state index is 13.4. The fourth-order valence-corrected chi connectivity index (χ4v) is 3.47. The van der Waals surface area contributed by atoms with E-state index in [0.717, 1.165) is 13.1 Å². The van der Waals surface area contributed by atoms with Gasteiger partial charge in [0.2, 0.25) is 0 Å². The van der Waals surface area contributed by atoms with Gasteiger partial charge in [0.1, 0.15) is 17.3 Å². The molecule has 0 bridgehead atoms. The van der Waals surface area contributed by atoms with Crippen LogP contribution in [0.3, 0.4) is 0 Å². The number of piperazine rings is 1. The van der Waals surface area contributed by atoms with Crippen LogP contribution in [0.4, 0.5) is 4.39 Å². The quantitative estimate of drug-likeness (QED) is 0.771. The van der Waals surface area contributed by atoms with E-state index < -0.39 is 0 Å². The third-order valence-corrected chi connectivity index (χ3v) is 4.99. The Bertz CT molecular complexity index is 882. The molecule has 2 amide bonds. The van der Waals surface area contributed by atoms with Gasteiger partial charge in [-0.05, 0) is 36.9 Å². The van der Waals surface area contributed by atoms with E-state index in [0.29, 0.717) is 35.7 Å². The lowest BCUT2D eigenvalue weighted by atomic mass is 10.0. The van der Waals surface area contributed by atoms with Crippen LogP contribution in [0.5, 0.6) is 0 Å². The standard InChI is InChI=1S/C20H20FN3O3/c1-22-8-10-23(11-9-22)18-17(14-4-6-15(21)7-5-14)19(25)24(20(18)26)13-16-3-2-12-27-16/h2-7,12H,8-11,13H2,1H3. The number of furan rings is 1. The second kappa shape index (κ2) is 7.00. The number of halogens is 1. The molecule has 3 heterocycles. The van der Waals surface area contributed by atoms with Gasteiger partial charge in [-0.3, -0.25) is 14.5 Å². The monoisotopic (exact) mass is 369 g/mol. The van der Waals surface area contributed by atoms with Crippen LogP contribution in [0.2, 0.25) is 0 Å². The first-order valence-corrected chi connectivity index (χ1v) is 8.87. The summed E-state index contributed by atoms with van der Waals surface area (Å²) in [4.78, 5) is 31.6. The Hall–Kier alpha value is -2.93. The van der Waals surface area contributed by atoms with Crippen molar-refractivity contribution >= 4 is 17.4 Å². The molecule has 0 unspecified atom stereocenters. The number of amides is 2. The molecule has 0 radical (unpaired) electrons. The smallest absolute Gasteiger partial charge is 0.278 e. The van der Waals surface area contributed by atoms with Crippen molar-refractivity contribution in [1.29, 1.82) is 0 Å². The summed E-state index contributed by atoms with van der Waals surface area (Å²) < 4.78 is 18.7. The van der Waals surface area contributed by atoms with Crippen LogP contribution >= 0.6 is 0 Å². The fourth-order valence-electron chi connectivity index (χ4n) is 3.47. The van der Waals surface area contributed by atoms with Gasteiger partial charge in [0.05, 0.1) is 18.4 Å². The van der Waals surface area contributed by atoms with Crippen molar-refractivity contribution in [1.82, 2.24) is 14.7 Å². The zero-order valence-electron chi connectivity index (χ0n) is 15.0. The van der Waals surface area contributed by atoms with E-state index in [2.05, 4.69) is 4.90 Å². The highest BCUT2D eigenvalue weighted by Gasteiger charge is 2.42. The minimum absolute atomic E-state index is 0.0760. The number of hydrogen-bond donors (Lipinski definition) is 0. The van der Waals surface area contributed by atoms with Crippen molar-refractivity contribution in [3.8, 4) is 0 Å². The molecule has 7 heteroatoms. The van der Waals surface area contributed by atoms with Crippen molar-refractivity contribution in [2.24, 2.45) is 0 Å². The lowest BCUT2D eigenvalue weighted by Crippen LogP contribution is -2.45. The van der Waals surface area contributed by atoms with Crippen LogP contribution in [0, 0.1) is 5.82 Å². The Balaban J connectivity index is 1.73. The van der Waals surface area contributed by atoms with Crippen molar-refractivity contribution < 1.29 is 18.4 Å². The molecule has 0 atom stereocenters. The molecule has 0 N–H and O–H groups in total. The van der Waals surface area contributed by atoms with Gasteiger partial charge in [-0.1, -0.05) is 12.1 Å². The number of nitrogens with zero attached hydrogens (tertiary/aromatic N) is 3. The van der Waals surface area contributed by atoms with E-state index in [9.17, 15) is 14.0 Å². The molecule has 2 aliphatic rings. The maximum Gasteiger partial charge on any atom is 0.278 e. The summed E-state index contributed by atoms with van der Waals surface area (Å²) in [5, 5.41) is 0. The average Bonchev–Trinajstić information content (AvgIpc) is 3.26. The van der Waals surface area contributed by atoms with Gasteiger partial charge < -0.3 is 14.2 Å². The highest BCUT2D eigenvalue weighted by atomic mass is 19.1. The van der Waals surface area contributed by atoms with Crippen molar-refractivity contribution in [2.45, 2.75) is 6.54 Å². The number of hydrogen-bond acceptors (Lipinski definition) is 5. The Morgan fingerprint density at radius 2 is 1.70 bits per heavy atom. The molecular formula is C20H20FN3O3. The van der Waals surface area contributed by atoms with Gasteiger partial charge in [0.25, 0.3) is 11.8 Å². The second-order valence-electron chi connectivity index (χ2n) is 6.80. The van der Waals surface area contributed by atoms with Gasteiger partial charge in [-0.25, -0.2) is 4.39 Å². The number of carbonyl (C=O) groups is 2. The van der Waals surface area contributed by atoms with Crippen LogP contribution in [0.25, 0.3) is 5.57 Å². The van der Waals surface area contributed by atoms with Crippen LogP contribution in [-0.4, -0.2) is 59.7 Å². The van der Waals surface area contributed by atoms with E-state index >= 15 is 0 Å². The first kappa shape index (κ1) is 17.5. The second-order valence-corrected chi connectivity index (χ2v) is 6.80. The van der Waals surface area contributed by atoms with Crippen LogP contribution in [0.15, 0.2) is 52.8 Å². The van der Waals surface area contributed by atoms with Crippen LogP contribution in [0.1, 0.15) is 11.3 Å². The first-order valence-electron chi connectivity index (χ1n) is 8.87. The molecule has 4 rings (SSSR count). The SMILES string of the molecule is CN1CCN(C2=C(c3ccc(F)cc3)C(=O)N(Cc3ccco3)C2=O)CC1. The average molecular weight is 369 g/mol. The largest absolute Gasteiger partial charge is 0.467 e. The summed E-state index contributed by atoms with van der Waals surface area (Å²) in [6, 6.07) is 9.14. The molecule has 0 saturated carbocycles. The summed E-state index contributed by atoms with van der Waals surface area (Å²) in [7, 11) is 2.03. The normalized spacial score (nSPS) is 18.7. The molecule has 0 aliphatic carbocycles. The topological polar surface area (TPSA) is 57.0 Å². The highest BCUT2D eigenvalue weighted by molar-refractivity contribution is 6.35. The summed E-state index contributed by atoms with van der Waals surface area (Å²) in [6.45, 7) is 3.00.